The van der Waals surface area contributed by atoms with Crippen molar-refractivity contribution in [2.45, 2.75) is 63.9 Å². The first kappa shape index (κ1) is 24.8. The largest absolute Gasteiger partial charge is 0.356 e. The molecule has 154 valence electrons. The molecule has 0 aromatic rings. The summed E-state index contributed by atoms with van der Waals surface area (Å²) in [6.07, 6.45) is 4.91. The molecule has 0 radical (unpaired) electrons. The lowest BCUT2D eigenvalue weighted by molar-refractivity contribution is -0.123. The van der Waals surface area contributed by atoms with Crippen LogP contribution in [0.1, 0.15) is 51.4 Å². The van der Waals surface area contributed by atoms with E-state index in [1.54, 1.807) is 28.4 Å². The minimum atomic E-state index is -0.222. The highest BCUT2D eigenvalue weighted by molar-refractivity contribution is 5.77. The second-order valence-corrected chi connectivity index (χ2v) is 5.99. The third-order valence-electron chi connectivity index (χ3n) is 3.99. The van der Waals surface area contributed by atoms with E-state index in [0.717, 1.165) is 25.7 Å². The maximum Gasteiger partial charge on any atom is 0.219 e. The average Bonchev–Trinajstić information content (AvgIpc) is 2.65. The molecular weight excluding hydrogens is 340 g/mol. The van der Waals surface area contributed by atoms with Crippen LogP contribution in [0.15, 0.2) is 0 Å². The number of rotatable bonds is 17. The predicted octanol–water partition coefficient (Wildman–Crippen LogP) is 1.58. The van der Waals surface area contributed by atoms with E-state index in [0.29, 0.717) is 38.8 Å². The minimum absolute atomic E-state index is 0.0157. The molecule has 0 aromatic heterocycles. The van der Waals surface area contributed by atoms with Crippen molar-refractivity contribution in [1.82, 2.24) is 10.6 Å². The molecule has 8 nitrogen and oxygen atoms in total. The summed E-state index contributed by atoms with van der Waals surface area (Å²) in [5.74, 6) is 0.0314. The molecule has 0 aromatic carbocycles. The van der Waals surface area contributed by atoms with Crippen molar-refractivity contribution in [1.29, 1.82) is 0 Å². The minimum Gasteiger partial charge on any atom is -0.356 e. The molecule has 0 aliphatic carbocycles. The van der Waals surface area contributed by atoms with Gasteiger partial charge in [-0.3, -0.25) is 9.59 Å². The van der Waals surface area contributed by atoms with Crippen LogP contribution in [0.2, 0.25) is 0 Å². The summed E-state index contributed by atoms with van der Waals surface area (Å²) in [7, 11) is 6.38. The lowest BCUT2D eigenvalue weighted by Crippen LogP contribution is -2.26. The van der Waals surface area contributed by atoms with Crippen LogP contribution >= 0.6 is 0 Å². The van der Waals surface area contributed by atoms with E-state index in [1.165, 1.54) is 0 Å². The summed E-state index contributed by atoms with van der Waals surface area (Å²) in [6.45, 7) is 1.21. The Kier molecular flexibility index (Phi) is 16.4. The van der Waals surface area contributed by atoms with E-state index in [2.05, 4.69) is 10.6 Å². The van der Waals surface area contributed by atoms with Gasteiger partial charge in [0.15, 0.2) is 12.6 Å². The summed E-state index contributed by atoms with van der Waals surface area (Å²) in [6, 6.07) is 0. The van der Waals surface area contributed by atoms with Crippen LogP contribution in [-0.4, -0.2) is 65.9 Å². The number of nitrogens with one attached hydrogen (secondary N) is 2. The van der Waals surface area contributed by atoms with E-state index < -0.39 is 0 Å². The standard InChI is InChI=1S/C18H36N2O6/c1-23-17(24-2)11-7-13-19-15(21)9-5-6-10-16(22)20-14-8-12-18(25-3)26-4/h17-18H,5-14H2,1-4H3,(H,19,21)(H,20,22). The Morgan fingerprint density at radius 3 is 1.31 bits per heavy atom. The second-order valence-electron chi connectivity index (χ2n) is 5.99. The van der Waals surface area contributed by atoms with E-state index in [4.69, 9.17) is 18.9 Å². The van der Waals surface area contributed by atoms with Crippen LogP contribution in [0.3, 0.4) is 0 Å². The van der Waals surface area contributed by atoms with Crippen molar-refractivity contribution in [2.75, 3.05) is 41.5 Å². The van der Waals surface area contributed by atoms with Crippen LogP contribution < -0.4 is 10.6 Å². The highest BCUT2D eigenvalue weighted by Gasteiger charge is 2.07. The van der Waals surface area contributed by atoms with Crippen LogP contribution in [0.4, 0.5) is 0 Å². The van der Waals surface area contributed by atoms with Crippen LogP contribution in [0.25, 0.3) is 0 Å². The third-order valence-corrected chi connectivity index (χ3v) is 3.99. The first-order valence-electron chi connectivity index (χ1n) is 9.21. The molecule has 8 heteroatoms. The molecule has 0 aliphatic rings. The Bertz CT molecular complexity index is 326. The fraction of sp³-hybridized carbons (Fsp3) is 0.889. The monoisotopic (exact) mass is 376 g/mol. The fourth-order valence-electron chi connectivity index (χ4n) is 2.40. The van der Waals surface area contributed by atoms with Crippen molar-refractivity contribution < 1.29 is 28.5 Å². The van der Waals surface area contributed by atoms with Gasteiger partial charge in [-0.05, 0) is 25.7 Å². The topological polar surface area (TPSA) is 95.1 Å². The maximum atomic E-state index is 11.7. The SMILES string of the molecule is COC(CCCNC(=O)CCCCC(=O)NCCCC(OC)OC)OC. The van der Waals surface area contributed by atoms with Gasteiger partial charge in [-0.1, -0.05) is 0 Å². The van der Waals surface area contributed by atoms with Gasteiger partial charge in [-0.25, -0.2) is 0 Å². The van der Waals surface area contributed by atoms with Gasteiger partial charge in [0.25, 0.3) is 0 Å². The number of carbonyl (C=O) groups is 2. The predicted molar refractivity (Wildman–Crippen MR) is 98.6 cm³/mol. The van der Waals surface area contributed by atoms with Gasteiger partial charge >= 0.3 is 0 Å². The maximum absolute atomic E-state index is 11.7. The summed E-state index contributed by atoms with van der Waals surface area (Å²) in [4.78, 5) is 23.4. The van der Waals surface area contributed by atoms with Crippen molar-refractivity contribution in [2.24, 2.45) is 0 Å². The van der Waals surface area contributed by atoms with Crippen LogP contribution in [-0.2, 0) is 28.5 Å². The smallest absolute Gasteiger partial charge is 0.219 e. The van der Waals surface area contributed by atoms with Crippen molar-refractivity contribution >= 4 is 11.8 Å². The molecule has 0 heterocycles. The number of carbonyl (C=O) groups excluding carboxylic acids is 2. The lowest BCUT2D eigenvalue weighted by Gasteiger charge is -2.13. The first-order chi connectivity index (χ1) is 12.6. The molecule has 0 rings (SSSR count). The Balaban J connectivity index is 3.52. The van der Waals surface area contributed by atoms with E-state index >= 15 is 0 Å². The Labute approximate surface area is 157 Å². The van der Waals surface area contributed by atoms with Gasteiger partial charge in [0, 0.05) is 67.2 Å². The zero-order chi connectivity index (χ0) is 19.6. The first-order valence-corrected chi connectivity index (χ1v) is 9.21. The van der Waals surface area contributed by atoms with Gasteiger partial charge in [-0.15, -0.1) is 0 Å². The van der Waals surface area contributed by atoms with Crippen molar-refractivity contribution in [3.05, 3.63) is 0 Å². The van der Waals surface area contributed by atoms with E-state index in [-0.39, 0.29) is 24.4 Å². The highest BCUT2D eigenvalue weighted by Crippen LogP contribution is 2.03. The number of amides is 2. The van der Waals surface area contributed by atoms with Gasteiger partial charge < -0.3 is 29.6 Å². The molecule has 26 heavy (non-hydrogen) atoms. The average molecular weight is 376 g/mol. The Hall–Kier alpha value is -1.22. The third kappa shape index (κ3) is 14.0. The van der Waals surface area contributed by atoms with Gasteiger partial charge in [0.1, 0.15) is 0 Å². The molecule has 2 amide bonds. The summed E-state index contributed by atoms with van der Waals surface area (Å²) < 4.78 is 20.3. The zero-order valence-corrected chi connectivity index (χ0v) is 16.7. The lowest BCUT2D eigenvalue weighted by atomic mass is 10.1. The number of methoxy groups -OCH3 is 4. The molecule has 0 saturated heterocycles. The molecule has 0 bridgehead atoms. The second kappa shape index (κ2) is 17.2. The molecule has 0 spiro atoms. The summed E-state index contributed by atoms with van der Waals surface area (Å²) >= 11 is 0. The molecule has 0 unspecified atom stereocenters. The Morgan fingerprint density at radius 1 is 0.654 bits per heavy atom. The van der Waals surface area contributed by atoms with E-state index in [1.807, 2.05) is 0 Å². The number of unbranched alkanes of at least 4 members (excludes halogenated alkanes) is 1. The van der Waals surface area contributed by atoms with Crippen molar-refractivity contribution in [3.63, 3.8) is 0 Å². The molecule has 0 fully saturated rings. The van der Waals surface area contributed by atoms with Crippen LogP contribution in [0.5, 0.6) is 0 Å². The van der Waals surface area contributed by atoms with Gasteiger partial charge in [0.05, 0.1) is 0 Å². The molecule has 0 atom stereocenters. The Morgan fingerprint density at radius 2 is 1.00 bits per heavy atom. The molecular formula is C18H36N2O6. The van der Waals surface area contributed by atoms with Gasteiger partial charge in [0.2, 0.25) is 11.8 Å². The van der Waals surface area contributed by atoms with Crippen LogP contribution in [0, 0.1) is 0 Å². The zero-order valence-electron chi connectivity index (χ0n) is 16.7. The summed E-state index contributed by atoms with van der Waals surface area (Å²) in [5.41, 5.74) is 0. The normalized spacial score (nSPS) is 11.2. The summed E-state index contributed by atoms with van der Waals surface area (Å²) in [5, 5.41) is 5.73. The highest BCUT2D eigenvalue weighted by atomic mass is 16.7. The quantitative estimate of drug-likeness (QED) is 0.296. The number of ether oxygens (including phenoxy) is 4. The number of hydrogen-bond donors (Lipinski definition) is 2. The van der Waals surface area contributed by atoms with Gasteiger partial charge in [-0.2, -0.15) is 0 Å². The fourth-order valence-corrected chi connectivity index (χ4v) is 2.40. The molecule has 0 aliphatic heterocycles. The molecule has 2 N–H and O–H groups in total. The molecule has 0 saturated carbocycles. The van der Waals surface area contributed by atoms with E-state index in [9.17, 15) is 9.59 Å². The number of hydrogen-bond acceptors (Lipinski definition) is 6. The van der Waals surface area contributed by atoms with Crippen molar-refractivity contribution in [3.8, 4) is 0 Å².